The summed E-state index contributed by atoms with van der Waals surface area (Å²) in [5, 5.41) is 0. The Balaban J connectivity index is 0.00000100. The SMILES string of the molecule is CC.CC(C)c1ccc(-c2cnc(C(C)(C)C)[nH]2)c2c1CCCC2. The van der Waals surface area contributed by atoms with Crippen LogP contribution in [0.5, 0.6) is 0 Å². The van der Waals surface area contributed by atoms with Crippen molar-refractivity contribution in [2.75, 3.05) is 0 Å². The highest BCUT2D eigenvalue weighted by molar-refractivity contribution is 5.67. The van der Waals surface area contributed by atoms with Crippen molar-refractivity contribution in [2.45, 2.75) is 85.5 Å². The molecule has 1 aliphatic rings. The number of nitrogens with one attached hydrogen (secondary N) is 1. The van der Waals surface area contributed by atoms with E-state index in [4.69, 9.17) is 0 Å². The molecule has 1 aromatic heterocycles. The number of aromatic amines is 1. The molecule has 3 rings (SSSR count). The number of imidazole rings is 1. The summed E-state index contributed by atoms with van der Waals surface area (Å²) in [5.41, 5.74) is 7.30. The van der Waals surface area contributed by atoms with Gasteiger partial charge in [0.05, 0.1) is 11.9 Å². The fourth-order valence-corrected chi connectivity index (χ4v) is 3.53. The van der Waals surface area contributed by atoms with Crippen LogP contribution in [0.3, 0.4) is 0 Å². The van der Waals surface area contributed by atoms with Gasteiger partial charge in [-0.05, 0) is 48.3 Å². The third-order valence-electron chi connectivity index (χ3n) is 4.77. The molecule has 0 saturated heterocycles. The first-order valence-corrected chi connectivity index (χ1v) is 9.58. The van der Waals surface area contributed by atoms with E-state index in [1.807, 2.05) is 20.0 Å². The quantitative estimate of drug-likeness (QED) is 0.679. The van der Waals surface area contributed by atoms with Crippen molar-refractivity contribution < 1.29 is 0 Å². The first-order chi connectivity index (χ1) is 11.4. The first-order valence-electron chi connectivity index (χ1n) is 9.58. The van der Waals surface area contributed by atoms with Crippen LogP contribution in [-0.4, -0.2) is 9.97 Å². The van der Waals surface area contributed by atoms with E-state index in [0.717, 1.165) is 5.82 Å². The second-order valence-electron chi connectivity index (χ2n) is 7.92. The Bertz CT molecular complexity index is 672. The number of hydrogen-bond acceptors (Lipinski definition) is 1. The maximum absolute atomic E-state index is 4.61. The second-order valence-corrected chi connectivity index (χ2v) is 7.92. The van der Waals surface area contributed by atoms with Gasteiger partial charge in [0.25, 0.3) is 0 Å². The summed E-state index contributed by atoms with van der Waals surface area (Å²) in [6.07, 6.45) is 7.08. The van der Waals surface area contributed by atoms with Gasteiger partial charge in [0.15, 0.2) is 0 Å². The minimum absolute atomic E-state index is 0.0657. The molecule has 2 nitrogen and oxygen atoms in total. The Hall–Kier alpha value is -1.57. The fourth-order valence-electron chi connectivity index (χ4n) is 3.53. The van der Waals surface area contributed by atoms with Crippen molar-refractivity contribution in [3.8, 4) is 11.3 Å². The molecule has 0 atom stereocenters. The number of benzene rings is 1. The van der Waals surface area contributed by atoms with E-state index >= 15 is 0 Å². The van der Waals surface area contributed by atoms with Gasteiger partial charge in [-0.25, -0.2) is 4.98 Å². The van der Waals surface area contributed by atoms with Gasteiger partial charge < -0.3 is 4.98 Å². The summed E-state index contributed by atoms with van der Waals surface area (Å²) in [6.45, 7) is 15.2. The second kappa shape index (κ2) is 7.55. The van der Waals surface area contributed by atoms with E-state index in [9.17, 15) is 0 Å². The molecule has 0 radical (unpaired) electrons. The van der Waals surface area contributed by atoms with Gasteiger partial charge in [-0.3, -0.25) is 0 Å². The minimum Gasteiger partial charge on any atom is -0.342 e. The minimum atomic E-state index is 0.0657. The topological polar surface area (TPSA) is 28.7 Å². The molecule has 0 fully saturated rings. The van der Waals surface area contributed by atoms with E-state index < -0.39 is 0 Å². The highest BCUT2D eigenvalue weighted by Crippen LogP contribution is 2.36. The predicted octanol–water partition coefficient (Wildman–Crippen LogP) is 6.40. The molecule has 1 aromatic carbocycles. The smallest absolute Gasteiger partial charge is 0.111 e. The van der Waals surface area contributed by atoms with E-state index in [1.54, 1.807) is 11.1 Å². The predicted molar refractivity (Wildman–Crippen MR) is 105 cm³/mol. The first kappa shape index (κ1) is 18.8. The Morgan fingerprint density at radius 3 is 2.17 bits per heavy atom. The molecule has 2 heteroatoms. The molecule has 2 aromatic rings. The average molecular weight is 327 g/mol. The largest absolute Gasteiger partial charge is 0.342 e. The average Bonchev–Trinajstić information content (AvgIpc) is 3.05. The van der Waals surface area contributed by atoms with Gasteiger partial charge in [-0.1, -0.05) is 60.6 Å². The lowest BCUT2D eigenvalue weighted by molar-refractivity contribution is 0.553. The van der Waals surface area contributed by atoms with Crippen molar-refractivity contribution in [3.05, 3.63) is 40.8 Å². The van der Waals surface area contributed by atoms with E-state index in [-0.39, 0.29) is 5.41 Å². The summed E-state index contributed by atoms with van der Waals surface area (Å²) < 4.78 is 0. The highest BCUT2D eigenvalue weighted by Gasteiger charge is 2.22. The van der Waals surface area contributed by atoms with Gasteiger partial charge in [0, 0.05) is 11.0 Å². The van der Waals surface area contributed by atoms with Crippen LogP contribution in [0.1, 0.15) is 89.7 Å². The number of rotatable bonds is 2. The monoisotopic (exact) mass is 326 g/mol. The normalized spacial score (nSPS) is 14.2. The van der Waals surface area contributed by atoms with Crippen molar-refractivity contribution in [1.29, 1.82) is 0 Å². The molecule has 1 aliphatic carbocycles. The van der Waals surface area contributed by atoms with Crippen LogP contribution in [-0.2, 0) is 18.3 Å². The molecular weight excluding hydrogens is 292 g/mol. The van der Waals surface area contributed by atoms with E-state index in [0.29, 0.717) is 5.92 Å². The molecule has 0 unspecified atom stereocenters. The number of fused-ring (bicyclic) bond motifs is 1. The molecule has 0 aliphatic heterocycles. The zero-order chi connectivity index (χ0) is 17.9. The van der Waals surface area contributed by atoms with Gasteiger partial charge in [0.2, 0.25) is 0 Å². The van der Waals surface area contributed by atoms with E-state index in [2.05, 4.69) is 56.7 Å². The van der Waals surface area contributed by atoms with Crippen LogP contribution in [0.4, 0.5) is 0 Å². The van der Waals surface area contributed by atoms with Crippen LogP contribution in [0.2, 0.25) is 0 Å². The van der Waals surface area contributed by atoms with Gasteiger partial charge in [0.1, 0.15) is 5.82 Å². The Labute approximate surface area is 148 Å². The summed E-state index contributed by atoms with van der Waals surface area (Å²) in [5.74, 6) is 1.67. The summed E-state index contributed by atoms with van der Waals surface area (Å²) in [7, 11) is 0. The summed E-state index contributed by atoms with van der Waals surface area (Å²) in [4.78, 5) is 8.17. The third kappa shape index (κ3) is 3.74. The molecule has 1 heterocycles. The molecule has 0 spiro atoms. The standard InChI is InChI=1S/C20H28N2.C2H6/c1-13(2)14-10-11-17(16-9-7-6-8-15(14)16)18-12-21-19(22-18)20(3,4)5;1-2/h10-13H,6-9H2,1-5H3,(H,21,22);1-2H3. The molecule has 24 heavy (non-hydrogen) atoms. The van der Waals surface area contributed by atoms with Gasteiger partial charge in [-0.15, -0.1) is 0 Å². The highest BCUT2D eigenvalue weighted by atomic mass is 14.9. The Morgan fingerprint density at radius 1 is 1.00 bits per heavy atom. The number of nitrogens with zero attached hydrogens (tertiary/aromatic N) is 1. The van der Waals surface area contributed by atoms with Crippen LogP contribution in [0.25, 0.3) is 11.3 Å². The zero-order valence-electron chi connectivity index (χ0n) is 16.6. The van der Waals surface area contributed by atoms with Gasteiger partial charge in [-0.2, -0.15) is 0 Å². The van der Waals surface area contributed by atoms with Crippen LogP contribution >= 0.6 is 0 Å². The maximum atomic E-state index is 4.61. The zero-order valence-corrected chi connectivity index (χ0v) is 16.6. The Kier molecular flexibility index (Phi) is 5.90. The van der Waals surface area contributed by atoms with Crippen LogP contribution in [0, 0.1) is 0 Å². The lowest BCUT2D eigenvalue weighted by Gasteiger charge is -2.24. The molecule has 132 valence electrons. The molecule has 1 N–H and O–H groups in total. The fraction of sp³-hybridized carbons (Fsp3) is 0.591. The number of hydrogen-bond donors (Lipinski definition) is 1. The number of aromatic nitrogens is 2. The van der Waals surface area contributed by atoms with Crippen molar-refractivity contribution in [2.24, 2.45) is 0 Å². The van der Waals surface area contributed by atoms with Crippen molar-refractivity contribution in [3.63, 3.8) is 0 Å². The van der Waals surface area contributed by atoms with Gasteiger partial charge >= 0.3 is 0 Å². The maximum Gasteiger partial charge on any atom is 0.111 e. The Morgan fingerprint density at radius 2 is 1.62 bits per heavy atom. The molecule has 0 amide bonds. The lowest BCUT2D eigenvalue weighted by Crippen LogP contribution is -2.13. The lowest BCUT2D eigenvalue weighted by atomic mass is 9.81. The summed E-state index contributed by atoms with van der Waals surface area (Å²) in [6, 6.07) is 4.64. The van der Waals surface area contributed by atoms with E-state index in [1.165, 1.54) is 42.5 Å². The molecule has 0 bridgehead atoms. The number of H-pyrrole nitrogens is 1. The van der Waals surface area contributed by atoms with Crippen molar-refractivity contribution >= 4 is 0 Å². The third-order valence-corrected chi connectivity index (χ3v) is 4.77. The summed E-state index contributed by atoms with van der Waals surface area (Å²) >= 11 is 0. The molecule has 0 saturated carbocycles. The van der Waals surface area contributed by atoms with Crippen molar-refractivity contribution in [1.82, 2.24) is 9.97 Å². The molecular formula is C22H34N2. The van der Waals surface area contributed by atoms with Crippen LogP contribution < -0.4 is 0 Å². The van der Waals surface area contributed by atoms with Crippen LogP contribution in [0.15, 0.2) is 18.3 Å².